The summed E-state index contributed by atoms with van der Waals surface area (Å²) in [6.07, 6.45) is 2.48. The summed E-state index contributed by atoms with van der Waals surface area (Å²) in [4.78, 5) is 38.2. The zero-order valence-electron chi connectivity index (χ0n) is 12.2. The maximum atomic E-state index is 12.3. The van der Waals surface area contributed by atoms with Gasteiger partial charge in [-0.2, -0.15) is 0 Å². The number of amides is 1. The van der Waals surface area contributed by atoms with E-state index >= 15 is 0 Å². The second kappa shape index (κ2) is 5.71. The second-order valence-electron chi connectivity index (χ2n) is 5.93. The van der Waals surface area contributed by atoms with Gasteiger partial charge in [0.2, 0.25) is 0 Å². The van der Waals surface area contributed by atoms with Gasteiger partial charge in [0.05, 0.1) is 0 Å². The standard InChI is InChI=1S/C15H20N2O4/c1-9-4-3-7-15(8-9,14(20)21)17-13(19)11-6-5-10(2)16-12(11)18/h5-6,9H,3-4,7-8H2,1-2H3,(H,16,18)(H,17,19)(H,20,21). The molecule has 0 saturated heterocycles. The number of nitrogens with one attached hydrogen (secondary N) is 2. The van der Waals surface area contributed by atoms with Crippen molar-refractivity contribution in [3.63, 3.8) is 0 Å². The molecular formula is C15H20N2O4. The van der Waals surface area contributed by atoms with Crippen molar-refractivity contribution < 1.29 is 14.7 Å². The van der Waals surface area contributed by atoms with Crippen molar-refractivity contribution in [2.24, 2.45) is 5.92 Å². The van der Waals surface area contributed by atoms with Gasteiger partial charge in [0.15, 0.2) is 0 Å². The van der Waals surface area contributed by atoms with Crippen LogP contribution in [0.5, 0.6) is 0 Å². The van der Waals surface area contributed by atoms with Crippen molar-refractivity contribution in [2.75, 3.05) is 0 Å². The molecule has 2 rings (SSSR count). The number of aromatic amines is 1. The van der Waals surface area contributed by atoms with Crippen molar-refractivity contribution in [2.45, 2.75) is 45.1 Å². The summed E-state index contributed by atoms with van der Waals surface area (Å²) in [6.45, 7) is 3.69. The summed E-state index contributed by atoms with van der Waals surface area (Å²) >= 11 is 0. The van der Waals surface area contributed by atoms with Crippen LogP contribution in [0, 0.1) is 12.8 Å². The minimum absolute atomic E-state index is 0.0561. The van der Waals surface area contributed by atoms with Crippen LogP contribution in [0.3, 0.4) is 0 Å². The highest BCUT2D eigenvalue weighted by molar-refractivity contribution is 5.97. The molecule has 1 fully saturated rings. The van der Waals surface area contributed by atoms with Gasteiger partial charge in [0.1, 0.15) is 11.1 Å². The molecule has 0 radical (unpaired) electrons. The zero-order chi connectivity index (χ0) is 15.6. The molecule has 6 nitrogen and oxygen atoms in total. The number of rotatable bonds is 3. The molecule has 2 atom stereocenters. The number of H-pyrrole nitrogens is 1. The van der Waals surface area contributed by atoms with Crippen LogP contribution in [0.15, 0.2) is 16.9 Å². The van der Waals surface area contributed by atoms with Gasteiger partial charge < -0.3 is 15.4 Å². The van der Waals surface area contributed by atoms with Gasteiger partial charge in [-0.1, -0.05) is 19.8 Å². The van der Waals surface area contributed by atoms with Crippen LogP contribution < -0.4 is 10.9 Å². The van der Waals surface area contributed by atoms with E-state index in [0.29, 0.717) is 18.5 Å². The predicted octanol–water partition coefficient (Wildman–Crippen LogP) is 1.45. The Morgan fingerprint density at radius 2 is 2.14 bits per heavy atom. The Balaban J connectivity index is 2.27. The number of carbonyl (C=O) groups is 2. The first kappa shape index (κ1) is 15.3. The van der Waals surface area contributed by atoms with Gasteiger partial charge in [-0.25, -0.2) is 4.79 Å². The third-order valence-electron chi connectivity index (χ3n) is 4.06. The Labute approximate surface area is 122 Å². The van der Waals surface area contributed by atoms with E-state index < -0.39 is 23.0 Å². The maximum absolute atomic E-state index is 12.3. The lowest BCUT2D eigenvalue weighted by atomic mass is 9.76. The highest BCUT2D eigenvalue weighted by atomic mass is 16.4. The molecule has 3 N–H and O–H groups in total. The molecule has 114 valence electrons. The predicted molar refractivity (Wildman–Crippen MR) is 77.3 cm³/mol. The second-order valence-corrected chi connectivity index (χ2v) is 5.93. The molecule has 0 bridgehead atoms. The first-order chi connectivity index (χ1) is 9.84. The van der Waals surface area contributed by atoms with Crippen LogP contribution in [-0.2, 0) is 4.79 Å². The molecule has 1 heterocycles. The Morgan fingerprint density at radius 3 is 2.71 bits per heavy atom. The zero-order valence-corrected chi connectivity index (χ0v) is 12.2. The summed E-state index contributed by atoms with van der Waals surface area (Å²) < 4.78 is 0. The summed E-state index contributed by atoms with van der Waals surface area (Å²) in [6, 6.07) is 3.04. The molecule has 1 aliphatic rings. The van der Waals surface area contributed by atoms with Crippen LogP contribution in [0.2, 0.25) is 0 Å². The average molecular weight is 292 g/mol. The molecule has 6 heteroatoms. The van der Waals surface area contributed by atoms with Crippen LogP contribution in [0.25, 0.3) is 0 Å². The SMILES string of the molecule is Cc1ccc(C(=O)NC2(C(=O)O)CCCC(C)C2)c(=O)[nH]1. The van der Waals surface area contributed by atoms with Crippen molar-refractivity contribution in [3.8, 4) is 0 Å². The minimum atomic E-state index is -1.27. The van der Waals surface area contributed by atoms with Gasteiger partial charge in [-0.15, -0.1) is 0 Å². The monoisotopic (exact) mass is 292 g/mol. The molecule has 0 aromatic carbocycles. The van der Waals surface area contributed by atoms with E-state index in [1.54, 1.807) is 13.0 Å². The fraction of sp³-hybridized carbons (Fsp3) is 0.533. The number of pyridine rings is 1. The summed E-state index contributed by atoms with van der Waals surface area (Å²) in [5.74, 6) is -1.44. The van der Waals surface area contributed by atoms with Crippen molar-refractivity contribution >= 4 is 11.9 Å². The summed E-state index contributed by atoms with van der Waals surface area (Å²) in [5, 5.41) is 12.1. The molecule has 1 aromatic heterocycles. The maximum Gasteiger partial charge on any atom is 0.329 e. The van der Waals surface area contributed by atoms with Crippen LogP contribution >= 0.6 is 0 Å². The Kier molecular flexibility index (Phi) is 4.16. The van der Waals surface area contributed by atoms with Crippen molar-refractivity contribution in [3.05, 3.63) is 33.7 Å². The van der Waals surface area contributed by atoms with Crippen LogP contribution in [0.1, 0.15) is 48.7 Å². The van der Waals surface area contributed by atoms with E-state index in [1.165, 1.54) is 6.07 Å². The van der Waals surface area contributed by atoms with Gasteiger partial charge >= 0.3 is 5.97 Å². The number of aliphatic carboxylic acids is 1. The smallest absolute Gasteiger partial charge is 0.329 e. The largest absolute Gasteiger partial charge is 0.480 e. The number of aromatic nitrogens is 1. The van der Waals surface area contributed by atoms with E-state index in [4.69, 9.17) is 0 Å². The molecule has 1 aliphatic carbocycles. The van der Waals surface area contributed by atoms with E-state index in [1.807, 2.05) is 6.92 Å². The molecule has 1 saturated carbocycles. The lowest BCUT2D eigenvalue weighted by Gasteiger charge is -2.37. The van der Waals surface area contributed by atoms with Crippen molar-refractivity contribution in [1.29, 1.82) is 0 Å². The number of hydrogen-bond donors (Lipinski definition) is 3. The van der Waals surface area contributed by atoms with Crippen LogP contribution in [0.4, 0.5) is 0 Å². The van der Waals surface area contributed by atoms with E-state index in [9.17, 15) is 19.5 Å². The Hall–Kier alpha value is -2.11. The molecular weight excluding hydrogens is 272 g/mol. The molecule has 1 amide bonds. The Bertz CT molecular complexity index is 622. The lowest BCUT2D eigenvalue weighted by Crippen LogP contribution is -2.57. The fourth-order valence-electron chi connectivity index (χ4n) is 2.95. The van der Waals surface area contributed by atoms with E-state index in [2.05, 4.69) is 10.3 Å². The Morgan fingerprint density at radius 1 is 1.43 bits per heavy atom. The lowest BCUT2D eigenvalue weighted by molar-refractivity contribution is -0.146. The van der Waals surface area contributed by atoms with Crippen LogP contribution in [-0.4, -0.2) is 27.5 Å². The number of carbonyl (C=O) groups excluding carboxylic acids is 1. The number of aryl methyl sites for hydroxylation is 1. The highest BCUT2D eigenvalue weighted by Gasteiger charge is 2.43. The number of carboxylic acids is 1. The first-order valence-corrected chi connectivity index (χ1v) is 7.10. The van der Waals surface area contributed by atoms with Gasteiger partial charge in [-0.05, 0) is 37.8 Å². The normalized spacial score (nSPS) is 25.3. The first-order valence-electron chi connectivity index (χ1n) is 7.10. The van der Waals surface area contributed by atoms with Gasteiger partial charge in [0, 0.05) is 5.69 Å². The van der Waals surface area contributed by atoms with E-state index in [-0.39, 0.29) is 11.5 Å². The average Bonchev–Trinajstić information content (AvgIpc) is 2.38. The third kappa shape index (κ3) is 3.15. The number of carboxylic acid groups (broad SMARTS) is 1. The minimum Gasteiger partial charge on any atom is -0.480 e. The van der Waals surface area contributed by atoms with Gasteiger partial charge in [0.25, 0.3) is 11.5 Å². The quantitative estimate of drug-likeness (QED) is 0.785. The summed E-state index contributed by atoms with van der Waals surface area (Å²) in [7, 11) is 0. The third-order valence-corrected chi connectivity index (χ3v) is 4.06. The summed E-state index contributed by atoms with van der Waals surface area (Å²) in [5.41, 5.74) is -1.18. The van der Waals surface area contributed by atoms with E-state index in [0.717, 1.165) is 12.8 Å². The number of hydrogen-bond acceptors (Lipinski definition) is 3. The molecule has 0 spiro atoms. The highest BCUT2D eigenvalue weighted by Crippen LogP contribution is 2.32. The molecule has 1 aromatic rings. The fourth-order valence-corrected chi connectivity index (χ4v) is 2.95. The molecule has 2 unspecified atom stereocenters. The molecule has 0 aliphatic heterocycles. The molecule has 21 heavy (non-hydrogen) atoms. The van der Waals surface area contributed by atoms with Gasteiger partial charge in [-0.3, -0.25) is 9.59 Å². The topological polar surface area (TPSA) is 99.3 Å². The van der Waals surface area contributed by atoms with Crippen molar-refractivity contribution in [1.82, 2.24) is 10.3 Å².